The first-order valence-corrected chi connectivity index (χ1v) is 8.22. The fourth-order valence-electron chi connectivity index (χ4n) is 2.37. The van der Waals surface area contributed by atoms with Crippen LogP contribution in [0, 0.1) is 10.8 Å². The average Bonchev–Trinajstić information content (AvgIpc) is 3.22. The van der Waals surface area contributed by atoms with Gasteiger partial charge in [-0.1, -0.05) is 6.07 Å². The van der Waals surface area contributed by atoms with Crippen LogP contribution in [0.25, 0.3) is 0 Å². The fraction of sp³-hybridized carbons (Fsp3) is 0.0500. The van der Waals surface area contributed by atoms with Crippen LogP contribution in [-0.2, 0) is 10.9 Å². The Hall–Kier alpha value is -3.88. The van der Waals surface area contributed by atoms with Gasteiger partial charge in [-0.3, -0.25) is 15.6 Å². The molecule has 0 aliphatic carbocycles. The second kappa shape index (κ2) is 8.01. The summed E-state index contributed by atoms with van der Waals surface area (Å²) in [7, 11) is 0. The van der Waals surface area contributed by atoms with Gasteiger partial charge in [-0.05, 0) is 54.6 Å². The molecular weight excluding hydrogens is 387 g/mol. The minimum absolute atomic E-state index is 0.0503. The summed E-state index contributed by atoms with van der Waals surface area (Å²) in [6.07, 6.45) is -3.11. The summed E-state index contributed by atoms with van der Waals surface area (Å²) in [6.45, 7) is 0. The molecule has 0 aliphatic rings. The van der Waals surface area contributed by atoms with Crippen molar-refractivity contribution in [3.8, 4) is 0 Å². The average molecular weight is 401 g/mol. The number of hydrogen-bond acceptors (Lipinski definition) is 5. The van der Waals surface area contributed by atoms with Gasteiger partial charge in [-0.25, -0.2) is 0 Å². The molecule has 6 nitrogen and oxygen atoms in total. The SMILES string of the molecule is N=C(OC(=N)c1ccco1)c1cccc(NC(=O)c2ccc(C(F)(F)F)cc2)c1. The minimum Gasteiger partial charge on any atom is -0.459 e. The highest BCUT2D eigenvalue weighted by Gasteiger charge is 2.30. The van der Waals surface area contributed by atoms with Crippen LogP contribution >= 0.6 is 0 Å². The quantitative estimate of drug-likeness (QED) is 0.427. The summed E-state index contributed by atoms with van der Waals surface area (Å²) >= 11 is 0. The predicted octanol–water partition coefficient (Wildman–Crippen LogP) is 4.92. The van der Waals surface area contributed by atoms with Crippen LogP contribution in [-0.4, -0.2) is 17.7 Å². The summed E-state index contributed by atoms with van der Waals surface area (Å²) < 4.78 is 48.0. The molecule has 0 fully saturated rings. The van der Waals surface area contributed by atoms with E-state index in [2.05, 4.69) is 5.32 Å². The second-order valence-electron chi connectivity index (χ2n) is 5.85. The molecule has 3 aromatic rings. The van der Waals surface area contributed by atoms with Gasteiger partial charge >= 0.3 is 6.18 Å². The normalized spacial score (nSPS) is 11.0. The Morgan fingerprint density at radius 2 is 1.66 bits per heavy atom. The maximum Gasteiger partial charge on any atom is 0.416 e. The van der Waals surface area contributed by atoms with Crippen molar-refractivity contribution in [2.24, 2.45) is 0 Å². The van der Waals surface area contributed by atoms with E-state index in [4.69, 9.17) is 20.0 Å². The number of carbonyl (C=O) groups is 1. The van der Waals surface area contributed by atoms with Gasteiger partial charge in [0.1, 0.15) is 0 Å². The monoisotopic (exact) mass is 401 g/mol. The topological polar surface area (TPSA) is 99.2 Å². The van der Waals surface area contributed by atoms with Crippen LogP contribution in [0.4, 0.5) is 18.9 Å². The molecule has 0 spiro atoms. The third-order valence-corrected chi connectivity index (χ3v) is 3.81. The summed E-state index contributed by atoms with van der Waals surface area (Å²) in [4.78, 5) is 12.3. The molecule has 0 unspecified atom stereocenters. The first-order valence-electron chi connectivity index (χ1n) is 8.22. The lowest BCUT2D eigenvalue weighted by atomic mass is 10.1. The molecular formula is C20H14F3N3O3. The molecule has 1 aromatic heterocycles. The van der Waals surface area contributed by atoms with E-state index in [1.807, 2.05) is 0 Å². The number of hydrogen-bond donors (Lipinski definition) is 3. The molecule has 0 radical (unpaired) electrons. The van der Waals surface area contributed by atoms with Crippen molar-refractivity contribution in [2.45, 2.75) is 6.18 Å². The third kappa shape index (κ3) is 4.89. The molecule has 148 valence electrons. The van der Waals surface area contributed by atoms with Crippen molar-refractivity contribution < 1.29 is 27.1 Å². The molecule has 9 heteroatoms. The predicted molar refractivity (Wildman–Crippen MR) is 99.3 cm³/mol. The van der Waals surface area contributed by atoms with Gasteiger partial charge in [-0.15, -0.1) is 0 Å². The van der Waals surface area contributed by atoms with Gasteiger partial charge in [0.15, 0.2) is 5.76 Å². The van der Waals surface area contributed by atoms with Gasteiger partial charge in [0.25, 0.3) is 11.8 Å². The number of halogens is 3. The molecule has 3 rings (SSSR count). The number of amides is 1. The Kier molecular flexibility index (Phi) is 5.49. The molecule has 1 heterocycles. The molecule has 0 aliphatic heterocycles. The van der Waals surface area contributed by atoms with Crippen molar-refractivity contribution >= 4 is 23.4 Å². The van der Waals surface area contributed by atoms with E-state index in [1.54, 1.807) is 24.3 Å². The number of alkyl halides is 3. The number of carbonyl (C=O) groups excluding carboxylic acids is 1. The number of rotatable bonds is 4. The van der Waals surface area contributed by atoms with Crippen LogP contribution in [0.3, 0.4) is 0 Å². The van der Waals surface area contributed by atoms with Crippen LogP contribution in [0.1, 0.15) is 27.2 Å². The van der Waals surface area contributed by atoms with E-state index in [0.717, 1.165) is 24.3 Å². The van der Waals surface area contributed by atoms with Crippen molar-refractivity contribution in [1.29, 1.82) is 10.8 Å². The van der Waals surface area contributed by atoms with E-state index in [0.29, 0.717) is 5.69 Å². The lowest BCUT2D eigenvalue weighted by Gasteiger charge is -2.10. The first kappa shape index (κ1) is 19.9. The first-order chi connectivity index (χ1) is 13.7. The van der Waals surface area contributed by atoms with Gasteiger partial charge in [0, 0.05) is 16.8 Å². The Morgan fingerprint density at radius 1 is 0.931 bits per heavy atom. The lowest BCUT2D eigenvalue weighted by molar-refractivity contribution is -0.137. The second-order valence-corrected chi connectivity index (χ2v) is 5.85. The maximum atomic E-state index is 12.6. The zero-order chi connectivity index (χ0) is 21.0. The minimum atomic E-state index is -4.48. The summed E-state index contributed by atoms with van der Waals surface area (Å²) in [5, 5.41) is 18.3. The summed E-state index contributed by atoms with van der Waals surface area (Å²) in [5.41, 5.74) is -0.202. The highest BCUT2D eigenvalue weighted by Crippen LogP contribution is 2.29. The van der Waals surface area contributed by atoms with Gasteiger partial charge in [-0.2, -0.15) is 13.2 Å². The smallest absolute Gasteiger partial charge is 0.416 e. The summed E-state index contributed by atoms with van der Waals surface area (Å²) in [6, 6.07) is 13.0. The number of furan rings is 1. The van der Waals surface area contributed by atoms with E-state index in [9.17, 15) is 18.0 Å². The number of benzene rings is 2. The standard InChI is InChI=1S/C20H14F3N3O3/c21-20(22,23)14-8-6-12(7-9-14)19(27)26-15-4-1-3-13(11-15)17(24)29-18(25)16-5-2-10-28-16/h1-11,24-25H,(H,26,27). The molecule has 3 N–H and O–H groups in total. The van der Waals surface area contributed by atoms with Gasteiger partial charge < -0.3 is 14.5 Å². The van der Waals surface area contributed by atoms with Crippen molar-refractivity contribution in [2.75, 3.05) is 5.32 Å². The van der Waals surface area contributed by atoms with Crippen molar-refractivity contribution in [1.82, 2.24) is 0 Å². The molecule has 29 heavy (non-hydrogen) atoms. The fourth-order valence-corrected chi connectivity index (χ4v) is 2.37. The van der Waals surface area contributed by atoms with Crippen molar-refractivity contribution in [3.63, 3.8) is 0 Å². The van der Waals surface area contributed by atoms with Crippen LogP contribution in [0.15, 0.2) is 71.3 Å². The Balaban J connectivity index is 1.68. The largest absolute Gasteiger partial charge is 0.459 e. The number of ether oxygens (including phenoxy) is 1. The Labute approximate surface area is 162 Å². The highest BCUT2D eigenvalue weighted by atomic mass is 19.4. The van der Waals surface area contributed by atoms with Crippen LogP contribution in [0.2, 0.25) is 0 Å². The van der Waals surface area contributed by atoms with Gasteiger partial charge in [0.2, 0.25) is 5.90 Å². The molecule has 0 bridgehead atoms. The van der Waals surface area contributed by atoms with E-state index >= 15 is 0 Å². The molecule has 0 saturated carbocycles. The molecule has 2 aromatic carbocycles. The maximum absolute atomic E-state index is 12.6. The number of nitrogens with one attached hydrogen (secondary N) is 3. The Bertz CT molecular complexity index is 1040. The van der Waals surface area contributed by atoms with Crippen LogP contribution in [0.5, 0.6) is 0 Å². The number of anilines is 1. The Morgan fingerprint density at radius 3 is 2.28 bits per heavy atom. The highest BCUT2D eigenvalue weighted by molar-refractivity contribution is 6.06. The zero-order valence-corrected chi connectivity index (χ0v) is 14.7. The van der Waals surface area contributed by atoms with E-state index < -0.39 is 17.6 Å². The lowest BCUT2D eigenvalue weighted by Crippen LogP contribution is -2.15. The van der Waals surface area contributed by atoms with E-state index in [-0.39, 0.29) is 28.7 Å². The molecule has 0 saturated heterocycles. The van der Waals surface area contributed by atoms with E-state index in [1.165, 1.54) is 18.4 Å². The third-order valence-electron chi connectivity index (χ3n) is 3.81. The van der Waals surface area contributed by atoms with Crippen molar-refractivity contribution in [3.05, 3.63) is 89.4 Å². The zero-order valence-electron chi connectivity index (χ0n) is 14.7. The molecule has 0 atom stereocenters. The van der Waals surface area contributed by atoms with Gasteiger partial charge in [0.05, 0.1) is 11.8 Å². The summed E-state index contributed by atoms with van der Waals surface area (Å²) in [5.74, 6) is -1.13. The van der Waals surface area contributed by atoms with Crippen LogP contribution < -0.4 is 5.32 Å². The molecule has 1 amide bonds.